The normalized spacial score (nSPS) is 14.2. The minimum absolute atomic E-state index is 0.0352. The molecule has 0 spiro atoms. The van der Waals surface area contributed by atoms with Gasteiger partial charge in [-0.3, -0.25) is 23.7 Å². The minimum Gasteiger partial charge on any atom is -0.378 e. The van der Waals surface area contributed by atoms with Crippen LogP contribution in [0.4, 0.5) is 23.4 Å². The van der Waals surface area contributed by atoms with E-state index in [1.54, 1.807) is 19.2 Å². The van der Waals surface area contributed by atoms with Crippen molar-refractivity contribution in [3.8, 4) is 23.0 Å². The molecule has 0 aliphatic heterocycles. The monoisotopic (exact) mass is 828 g/mol. The van der Waals surface area contributed by atoms with Crippen molar-refractivity contribution in [2.75, 3.05) is 25.1 Å². The fraction of sp³-hybridized carbons (Fsp3) is 0.342. The molecule has 0 bridgehead atoms. The van der Waals surface area contributed by atoms with Crippen molar-refractivity contribution < 1.29 is 40.7 Å². The highest BCUT2D eigenvalue weighted by atomic mass is 35.5. The lowest BCUT2D eigenvalue weighted by molar-refractivity contribution is -0.122. The van der Waals surface area contributed by atoms with Crippen LogP contribution in [0.2, 0.25) is 5.02 Å². The van der Waals surface area contributed by atoms with E-state index >= 15 is 8.78 Å². The molecule has 5 aromatic rings. The van der Waals surface area contributed by atoms with Gasteiger partial charge in [0.25, 0.3) is 11.8 Å². The summed E-state index contributed by atoms with van der Waals surface area (Å²) in [5.74, 6) is -1.29. The second kappa shape index (κ2) is 15.1. The lowest BCUT2D eigenvalue weighted by Crippen LogP contribution is -2.35. The van der Waals surface area contributed by atoms with Crippen LogP contribution in [0.15, 0.2) is 42.5 Å². The number of hydrogen-bond acceptors (Lipinski definition) is 8. The molecule has 1 aliphatic rings. The molecule has 300 valence electrons. The Morgan fingerprint density at radius 2 is 1.75 bits per heavy atom. The summed E-state index contributed by atoms with van der Waals surface area (Å²) < 4.78 is 88.7. The predicted molar refractivity (Wildman–Crippen MR) is 204 cm³/mol. The molecule has 19 heteroatoms. The van der Waals surface area contributed by atoms with E-state index in [0.717, 1.165) is 23.1 Å². The van der Waals surface area contributed by atoms with E-state index in [9.17, 15) is 31.9 Å². The Balaban J connectivity index is 1.54. The van der Waals surface area contributed by atoms with Gasteiger partial charge in [-0.25, -0.2) is 22.2 Å². The first-order chi connectivity index (χ1) is 26.5. The summed E-state index contributed by atoms with van der Waals surface area (Å²) in [5, 5.41) is 22.0. The van der Waals surface area contributed by atoms with Crippen LogP contribution < -0.4 is 10.0 Å². The molecular formula is C38H37ClF4N8O5S. The molecule has 3 N–H and O–H groups in total. The quantitative estimate of drug-likeness (QED) is 0.129. The molecule has 57 heavy (non-hydrogen) atoms. The van der Waals surface area contributed by atoms with Gasteiger partial charge in [-0.15, -0.1) is 0 Å². The first-order valence-electron chi connectivity index (χ1n) is 17.3. The molecule has 1 atom stereocenters. The zero-order valence-electron chi connectivity index (χ0n) is 31.5. The Morgan fingerprint density at radius 1 is 1.09 bits per heavy atom. The number of nitrogens with zero attached hydrogens (tertiary/aromatic N) is 6. The molecule has 2 amide bonds. The highest BCUT2D eigenvalue weighted by molar-refractivity contribution is 7.92. The average Bonchev–Trinajstić information content (AvgIpc) is 3.72. The van der Waals surface area contributed by atoms with Gasteiger partial charge in [0.15, 0.2) is 11.5 Å². The van der Waals surface area contributed by atoms with Gasteiger partial charge in [0.1, 0.15) is 35.2 Å². The smallest absolute Gasteiger partial charge is 0.290 e. The van der Waals surface area contributed by atoms with Crippen LogP contribution in [0.25, 0.3) is 22.0 Å². The number of alkyl halides is 2. The molecule has 1 aliphatic carbocycles. The lowest BCUT2D eigenvalue weighted by atomic mass is 9.93. The van der Waals surface area contributed by atoms with Crippen LogP contribution in [0.1, 0.15) is 65.0 Å². The van der Waals surface area contributed by atoms with Crippen LogP contribution in [0.5, 0.6) is 0 Å². The van der Waals surface area contributed by atoms with Crippen LogP contribution >= 0.6 is 11.6 Å². The van der Waals surface area contributed by atoms with E-state index in [1.807, 2.05) is 0 Å². The number of hydrogen-bond donors (Lipinski definition) is 3. The minimum atomic E-state index is -3.81. The Morgan fingerprint density at radius 3 is 2.39 bits per heavy atom. The molecule has 3 aromatic heterocycles. The van der Waals surface area contributed by atoms with Crippen molar-refractivity contribution in [3.05, 3.63) is 93.0 Å². The van der Waals surface area contributed by atoms with E-state index in [4.69, 9.17) is 16.6 Å². The Hall–Kier alpha value is -5.51. The molecule has 0 saturated heterocycles. The van der Waals surface area contributed by atoms with Gasteiger partial charge in [-0.2, -0.15) is 19.0 Å². The van der Waals surface area contributed by atoms with Gasteiger partial charge in [-0.1, -0.05) is 23.6 Å². The third kappa shape index (κ3) is 8.90. The molecule has 6 rings (SSSR count). The van der Waals surface area contributed by atoms with Crippen molar-refractivity contribution in [1.29, 1.82) is 0 Å². The first-order valence-corrected chi connectivity index (χ1v) is 19.6. The molecule has 0 unspecified atom stereocenters. The standard InChI is InChI=1S/C38H37ClF4N8O5S/c1-37(2,54)13-11-23-7-8-24(25-9-10-27(39)30-33(25)50(5)47-35(30)48-57(6,55)56)31(44-23)28(17-20-15-21(40)18-22(41)16-20)45-29(52)19-51-34-26(12-14-38(34,42)43)32(46-51)36(53)49(3)4/h7-10,15-16,18,28,54H,12,14,17,19H2,1-6H3,(H,45,52)(H,47,48)/t28-/m0/s1. The van der Waals surface area contributed by atoms with Crippen molar-refractivity contribution >= 4 is 50.2 Å². The van der Waals surface area contributed by atoms with Crippen LogP contribution in [0, 0.1) is 23.5 Å². The number of aliphatic hydroxyl groups is 1. The summed E-state index contributed by atoms with van der Waals surface area (Å²) in [6.07, 6.45) is -0.0598. The molecule has 3 heterocycles. The molecular weight excluding hydrogens is 792 g/mol. The van der Waals surface area contributed by atoms with Gasteiger partial charge >= 0.3 is 0 Å². The van der Waals surface area contributed by atoms with Gasteiger partial charge in [0.05, 0.1) is 33.9 Å². The summed E-state index contributed by atoms with van der Waals surface area (Å²) in [6, 6.07) is 7.78. The topological polar surface area (TPSA) is 164 Å². The summed E-state index contributed by atoms with van der Waals surface area (Å²) in [5.41, 5.74) is -0.854. The van der Waals surface area contributed by atoms with Gasteiger partial charge in [0, 0.05) is 50.3 Å². The van der Waals surface area contributed by atoms with E-state index in [2.05, 4.69) is 32.1 Å². The molecule has 0 radical (unpaired) electrons. The second-order valence-electron chi connectivity index (χ2n) is 14.4. The maximum atomic E-state index is 15.3. The van der Waals surface area contributed by atoms with Crippen molar-refractivity contribution in [1.82, 2.24) is 34.8 Å². The fourth-order valence-corrected chi connectivity index (χ4v) is 7.43. The summed E-state index contributed by atoms with van der Waals surface area (Å²) >= 11 is 6.60. The highest BCUT2D eigenvalue weighted by Crippen LogP contribution is 2.43. The Kier molecular flexibility index (Phi) is 10.9. The summed E-state index contributed by atoms with van der Waals surface area (Å²) in [6.45, 7) is 2.14. The number of amides is 2. The number of pyridine rings is 1. The zero-order valence-corrected chi connectivity index (χ0v) is 33.1. The third-order valence-corrected chi connectivity index (χ3v) is 9.83. The van der Waals surface area contributed by atoms with E-state index < -0.39 is 69.7 Å². The number of carbonyl (C=O) groups excluding carboxylic acids is 2. The van der Waals surface area contributed by atoms with Crippen LogP contribution in [0.3, 0.4) is 0 Å². The molecule has 2 aromatic carbocycles. The molecule has 13 nitrogen and oxygen atoms in total. The Labute approximate surface area is 330 Å². The fourth-order valence-electron chi connectivity index (χ4n) is 6.70. The van der Waals surface area contributed by atoms with Gasteiger partial charge in [-0.05, 0) is 68.5 Å². The number of sulfonamides is 1. The SMILES string of the molecule is CN(C)C(=O)c1nn(CC(=O)N[C@@H](Cc2cc(F)cc(F)c2)c2nc(C#CC(C)(C)O)ccc2-c2ccc(Cl)c3c(NS(C)(=O)=O)nn(C)c23)c2c1CCC2(F)F. The van der Waals surface area contributed by atoms with Crippen LogP contribution in [-0.2, 0) is 47.2 Å². The number of aryl methyl sites for hydroxylation is 1. The largest absolute Gasteiger partial charge is 0.378 e. The average molecular weight is 829 g/mol. The first kappa shape index (κ1) is 41.1. The predicted octanol–water partition coefficient (Wildman–Crippen LogP) is 5.10. The molecule has 0 saturated carbocycles. The number of benzene rings is 2. The number of aromatic nitrogens is 5. The number of carbonyl (C=O) groups is 2. The van der Waals surface area contributed by atoms with Gasteiger partial charge in [0.2, 0.25) is 15.9 Å². The summed E-state index contributed by atoms with van der Waals surface area (Å²) in [7, 11) is 0.629. The molecule has 0 fully saturated rings. The van der Waals surface area contributed by atoms with Crippen molar-refractivity contribution in [2.24, 2.45) is 7.05 Å². The number of anilines is 1. The number of nitrogens with one attached hydrogen (secondary N) is 2. The number of fused-ring (bicyclic) bond motifs is 2. The third-order valence-electron chi connectivity index (χ3n) is 8.95. The maximum Gasteiger partial charge on any atom is 0.290 e. The van der Waals surface area contributed by atoms with E-state index in [1.165, 1.54) is 49.7 Å². The van der Waals surface area contributed by atoms with E-state index in [-0.39, 0.29) is 57.3 Å². The van der Waals surface area contributed by atoms with Gasteiger partial charge < -0.3 is 15.3 Å². The zero-order chi connectivity index (χ0) is 41.8. The van der Waals surface area contributed by atoms with Crippen LogP contribution in [-0.4, -0.2) is 80.7 Å². The lowest BCUT2D eigenvalue weighted by Gasteiger charge is -2.23. The van der Waals surface area contributed by atoms with E-state index in [0.29, 0.717) is 22.7 Å². The highest BCUT2D eigenvalue weighted by Gasteiger charge is 2.46. The number of rotatable bonds is 10. The summed E-state index contributed by atoms with van der Waals surface area (Å²) in [4.78, 5) is 32.9. The second-order valence-corrected chi connectivity index (χ2v) is 16.6. The Bertz CT molecular complexity index is 2610. The van der Waals surface area contributed by atoms with Crippen molar-refractivity contribution in [2.45, 2.75) is 57.2 Å². The van der Waals surface area contributed by atoms with Crippen molar-refractivity contribution in [3.63, 3.8) is 0 Å². The maximum absolute atomic E-state index is 15.3. The number of halogens is 5.